The van der Waals surface area contributed by atoms with Gasteiger partial charge in [-0.05, 0) is 88.5 Å². The molecule has 14 atom stereocenters. The fourth-order valence-electron chi connectivity index (χ4n) is 10.8. The van der Waals surface area contributed by atoms with Gasteiger partial charge in [0.25, 0.3) is 0 Å². The Bertz CT molecular complexity index is 2300. The molecule has 6 rings (SSSR count). The van der Waals surface area contributed by atoms with Crippen LogP contribution in [0.15, 0.2) is 21.9 Å². The molecule has 0 spiro atoms. The highest BCUT2D eigenvalue weighted by molar-refractivity contribution is 8.76. The quantitative estimate of drug-likeness (QED) is 0.0624. The van der Waals surface area contributed by atoms with Crippen LogP contribution in [0, 0.1) is 48.3 Å². The van der Waals surface area contributed by atoms with E-state index in [-0.39, 0.29) is 60.7 Å². The number of aromatic nitrogens is 2. The molecule has 0 amide bonds. The number of hydrogen-bond acceptors (Lipinski definition) is 20. The van der Waals surface area contributed by atoms with E-state index in [1.807, 2.05) is 64.5 Å². The lowest BCUT2D eigenvalue weighted by molar-refractivity contribution is -0.163. The van der Waals surface area contributed by atoms with E-state index in [2.05, 4.69) is 9.97 Å². The molecule has 0 aromatic carbocycles. The van der Waals surface area contributed by atoms with Crippen molar-refractivity contribution in [3.05, 3.63) is 43.3 Å². The van der Waals surface area contributed by atoms with Gasteiger partial charge in [-0.2, -0.15) is 0 Å². The zero-order chi connectivity index (χ0) is 57.2. The lowest BCUT2D eigenvalue weighted by atomic mass is 9.73. The molecule has 0 bridgehead atoms. The Hall–Kier alpha value is -3.50. The van der Waals surface area contributed by atoms with Gasteiger partial charge in [-0.1, -0.05) is 89.8 Å². The van der Waals surface area contributed by atoms with Gasteiger partial charge in [-0.3, -0.25) is 28.8 Å². The second kappa shape index (κ2) is 28.5. The summed E-state index contributed by atoms with van der Waals surface area (Å²) in [6.07, 6.45) is 2.63. The first kappa shape index (κ1) is 63.7. The molecule has 0 radical (unpaired) electrons. The predicted molar refractivity (Wildman–Crippen MR) is 304 cm³/mol. The molecule has 6 heterocycles. The van der Waals surface area contributed by atoms with Gasteiger partial charge in [-0.25, -0.2) is 9.97 Å². The van der Waals surface area contributed by atoms with Gasteiger partial charge in [0, 0.05) is 35.1 Å². The predicted octanol–water partition coefficient (Wildman–Crippen LogP) is 10.5. The number of thiazole rings is 2. The fraction of sp³-hybridized carbons (Fsp3) is 0.724. The molecule has 16 nitrogen and oxygen atoms in total. The van der Waals surface area contributed by atoms with Crippen molar-refractivity contribution in [1.82, 2.24) is 9.97 Å². The summed E-state index contributed by atoms with van der Waals surface area (Å²) >= 11 is 3.06. The number of aliphatic hydroxyl groups is 2. The number of carbonyl (C=O) groups excluding carboxylic acids is 6. The van der Waals surface area contributed by atoms with E-state index in [0.29, 0.717) is 37.2 Å². The first-order chi connectivity index (χ1) is 36.7. The highest BCUT2D eigenvalue weighted by Gasteiger charge is 2.48. The number of rotatable bonds is 13. The third kappa shape index (κ3) is 18.0. The summed E-state index contributed by atoms with van der Waals surface area (Å²) in [6, 6.07) is 0. The zero-order valence-electron chi connectivity index (χ0n) is 47.6. The maximum absolute atomic E-state index is 14.2. The van der Waals surface area contributed by atoms with Crippen LogP contribution in [-0.2, 0) is 57.2 Å². The number of epoxide rings is 2. The van der Waals surface area contributed by atoms with Gasteiger partial charge in [0.05, 0.1) is 106 Å². The molecule has 2 N–H and O–H groups in total. The van der Waals surface area contributed by atoms with Crippen LogP contribution in [-0.4, -0.2) is 128 Å². The molecule has 4 aliphatic rings. The maximum Gasteiger partial charge on any atom is 0.309 e. The Morgan fingerprint density at radius 2 is 1.01 bits per heavy atom. The maximum atomic E-state index is 14.2. The third-order valence-corrected chi connectivity index (χ3v) is 20.1. The molecular weight excluding hydrogens is 1080 g/mol. The standard InChI is InChI=1S/C58H84N2O14S4/c1-31-15-13-17-41-45(69-41)25-43(33(3)23-39-29-75-37(7)59-39)71-51(65)27-47(61)57(9,10)55(67)35(5)53(31)73-49(63)19-21-77-78-22-20-50(64)74-54-32(2)16-14-18-42-46(70-42)26-44(34(4)24-40-30-76-38(8)60-40)72-52(66)28-48(62)58(11,12)56(68)36(54)6/h23-24,29-32,35-36,41-48,53-54,61-62H,13-22,25-28H2,1-12H3/b33-23+,34-24+/t31-,32-,35+,36+,41+,42+,43-,44-,45-,46-,47-,48-,53-,54-/m0/s1. The highest BCUT2D eigenvalue weighted by Crippen LogP contribution is 2.40. The number of fused-ring (bicyclic) bond motifs is 2. The molecule has 2 aromatic heterocycles. The van der Waals surface area contributed by atoms with E-state index in [1.54, 1.807) is 41.5 Å². The van der Waals surface area contributed by atoms with Crippen LogP contribution in [0.1, 0.15) is 168 Å². The Labute approximate surface area is 477 Å². The van der Waals surface area contributed by atoms with Gasteiger partial charge in [0.2, 0.25) is 0 Å². The van der Waals surface area contributed by atoms with Gasteiger partial charge in [-0.15, -0.1) is 22.7 Å². The number of aliphatic hydroxyl groups excluding tert-OH is 2. The number of nitrogens with zero attached hydrogens (tertiary/aromatic N) is 2. The molecule has 20 heteroatoms. The highest BCUT2D eigenvalue weighted by atomic mass is 33.1. The van der Waals surface area contributed by atoms with Crippen molar-refractivity contribution in [3.63, 3.8) is 0 Å². The Kier molecular flexibility index (Phi) is 23.2. The average Bonchev–Trinajstić information content (AvgIpc) is 4.22. The Morgan fingerprint density at radius 3 is 1.36 bits per heavy atom. The molecule has 0 unspecified atom stereocenters. The fourth-order valence-corrected chi connectivity index (χ4v) is 13.8. The minimum absolute atomic E-state index is 0.0203. The molecule has 78 heavy (non-hydrogen) atoms. The molecule has 4 fully saturated rings. The van der Waals surface area contributed by atoms with Crippen molar-refractivity contribution in [2.75, 3.05) is 11.5 Å². The van der Waals surface area contributed by atoms with E-state index in [1.165, 1.54) is 44.3 Å². The van der Waals surface area contributed by atoms with Crippen molar-refractivity contribution in [1.29, 1.82) is 0 Å². The minimum atomic E-state index is -1.37. The molecule has 434 valence electrons. The van der Waals surface area contributed by atoms with Crippen LogP contribution in [0.25, 0.3) is 12.2 Å². The second-order valence-electron chi connectivity index (χ2n) is 23.3. The molecule has 0 aliphatic carbocycles. The summed E-state index contributed by atoms with van der Waals surface area (Å²) in [5, 5.41) is 28.6. The third-order valence-electron chi connectivity index (χ3n) is 16.1. The van der Waals surface area contributed by atoms with Crippen LogP contribution >= 0.6 is 44.3 Å². The first-order valence-corrected chi connectivity index (χ1v) is 32.0. The van der Waals surface area contributed by atoms with E-state index < -0.39 is 96.0 Å². The minimum Gasteiger partial charge on any atom is -0.461 e. The number of ketones is 2. The van der Waals surface area contributed by atoms with Gasteiger partial charge in [0.15, 0.2) is 0 Å². The molecule has 4 saturated heterocycles. The van der Waals surface area contributed by atoms with Crippen molar-refractivity contribution in [3.8, 4) is 0 Å². The first-order valence-electron chi connectivity index (χ1n) is 27.7. The average molecular weight is 1160 g/mol. The lowest BCUT2D eigenvalue weighted by Gasteiger charge is -2.36. The van der Waals surface area contributed by atoms with Crippen LogP contribution in [0.5, 0.6) is 0 Å². The smallest absolute Gasteiger partial charge is 0.309 e. The van der Waals surface area contributed by atoms with E-state index in [4.69, 9.17) is 28.4 Å². The Balaban J connectivity index is 0.994. The van der Waals surface area contributed by atoms with Crippen molar-refractivity contribution in [2.45, 2.75) is 221 Å². The number of carbonyl (C=O) groups is 6. The second-order valence-corrected chi connectivity index (χ2v) is 28.1. The van der Waals surface area contributed by atoms with Crippen LogP contribution < -0.4 is 0 Å². The number of ether oxygens (including phenoxy) is 6. The summed E-state index contributed by atoms with van der Waals surface area (Å²) in [6.45, 7) is 21.4. The van der Waals surface area contributed by atoms with Crippen LogP contribution in [0.2, 0.25) is 0 Å². The van der Waals surface area contributed by atoms with Crippen LogP contribution in [0.3, 0.4) is 0 Å². The van der Waals surface area contributed by atoms with E-state index in [9.17, 15) is 39.0 Å². The number of hydrogen-bond donors (Lipinski definition) is 2. The monoisotopic (exact) mass is 1160 g/mol. The van der Waals surface area contributed by atoms with E-state index >= 15 is 0 Å². The summed E-state index contributed by atoms with van der Waals surface area (Å²) < 4.78 is 36.3. The Morgan fingerprint density at radius 1 is 0.641 bits per heavy atom. The van der Waals surface area contributed by atoms with E-state index in [0.717, 1.165) is 58.2 Å². The van der Waals surface area contributed by atoms with Gasteiger partial charge >= 0.3 is 23.9 Å². The van der Waals surface area contributed by atoms with Crippen LogP contribution in [0.4, 0.5) is 0 Å². The SMILES string of the molecule is C/C(=C\c1csc(C)n1)[C@@H]1C[C@@H]2O[C@@H]2CCC[C@H](C)[C@H](OC(=O)CCSSCCC(=O)O[C@H]2[C@@H](C)CCC[C@H]3O[C@H]3C[C@@H](/C(C)=C/c3csc(C)n3)OC(=O)C[C@H](O)C(C)(C)C(=O)[C@@H]2C)[C@@H](C)C(=O)C(C)(C)[C@@H](O)CC(=O)O1. The number of cyclic esters (lactones) is 2. The largest absolute Gasteiger partial charge is 0.461 e. The summed E-state index contributed by atoms with van der Waals surface area (Å²) in [4.78, 5) is 91.4. The normalized spacial score (nSPS) is 32.9. The molecular formula is C58H84N2O14S4. The number of Topliss-reactive ketones (excluding diaryl/α,β-unsaturated/α-hetero) is 2. The summed E-state index contributed by atoms with van der Waals surface area (Å²) in [5.41, 5.74) is 0.439. The zero-order valence-corrected chi connectivity index (χ0v) is 50.9. The summed E-state index contributed by atoms with van der Waals surface area (Å²) in [7, 11) is 2.81. The summed E-state index contributed by atoms with van der Waals surface area (Å²) in [5.74, 6) is -4.11. The van der Waals surface area contributed by atoms with Crippen molar-refractivity contribution >= 4 is 91.9 Å². The van der Waals surface area contributed by atoms with Crippen molar-refractivity contribution in [2.24, 2.45) is 34.5 Å². The topological polar surface area (TPSA) is 231 Å². The molecule has 4 aliphatic heterocycles. The molecule has 0 saturated carbocycles. The van der Waals surface area contributed by atoms with Gasteiger partial charge < -0.3 is 38.6 Å². The molecule has 2 aromatic rings. The number of aryl methyl sites for hydroxylation is 2. The lowest BCUT2D eigenvalue weighted by Crippen LogP contribution is -2.47. The van der Waals surface area contributed by atoms with Crippen molar-refractivity contribution < 1.29 is 67.4 Å². The number of esters is 4. The van der Waals surface area contributed by atoms with Gasteiger partial charge in [0.1, 0.15) is 36.0 Å².